The Morgan fingerprint density at radius 1 is 1.59 bits per heavy atom. The summed E-state index contributed by atoms with van der Waals surface area (Å²) in [5.74, 6) is 0.672. The van der Waals surface area contributed by atoms with Crippen molar-refractivity contribution in [3.05, 3.63) is 34.5 Å². The average molecular weight is 271 g/mol. The number of amides is 1. The maximum absolute atomic E-state index is 11.8. The van der Waals surface area contributed by atoms with Gasteiger partial charge in [0.15, 0.2) is 5.82 Å². The van der Waals surface area contributed by atoms with Gasteiger partial charge in [-0.05, 0) is 12.5 Å². The second-order valence-electron chi connectivity index (χ2n) is 4.07. The van der Waals surface area contributed by atoms with E-state index in [1.807, 2.05) is 0 Å². The van der Waals surface area contributed by atoms with Gasteiger partial charge in [-0.25, -0.2) is 4.98 Å². The van der Waals surface area contributed by atoms with Crippen molar-refractivity contribution < 1.29 is 4.79 Å². The lowest BCUT2D eigenvalue weighted by molar-refractivity contribution is -0.117. The first kappa shape index (κ1) is 12.4. The minimum atomic E-state index is 0.0195. The standard InChI is InChI=1S/C12H12Cl2N2O/c1-3-8-4-10(17)16(6-8)12-11(14)7(2)9(13)5-15-12/h3,5,8H,1,4,6H2,2H3. The van der Waals surface area contributed by atoms with E-state index in [2.05, 4.69) is 11.6 Å². The van der Waals surface area contributed by atoms with E-state index < -0.39 is 0 Å². The minimum Gasteiger partial charge on any atom is -0.295 e. The van der Waals surface area contributed by atoms with E-state index in [1.54, 1.807) is 17.9 Å². The first-order valence-electron chi connectivity index (χ1n) is 5.28. The Labute approximate surface area is 110 Å². The van der Waals surface area contributed by atoms with Gasteiger partial charge < -0.3 is 0 Å². The molecule has 0 bridgehead atoms. The molecule has 1 unspecified atom stereocenters. The molecule has 2 heterocycles. The van der Waals surface area contributed by atoms with Crippen molar-refractivity contribution in [2.75, 3.05) is 11.4 Å². The van der Waals surface area contributed by atoms with E-state index in [9.17, 15) is 4.79 Å². The molecule has 1 aliphatic rings. The lowest BCUT2D eigenvalue weighted by Crippen LogP contribution is -2.25. The number of aromatic nitrogens is 1. The Morgan fingerprint density at radius 3 is 2.88 bits per heavy atom. The minimum absolute atomic E-state index is 0.0195. The normalized spacial score (nSPS) is 19.8. The van der Waals surface area contributed by atoms with Gasteiger partial charge in [0.2, 0.25) is 5.91 Å². The third kappa shape index (κ3) is 2.17. The second-order valence-corrected chi connectivity index (χ2v) is 4.86. The topological polar surface area (TPSA) is 33.2 Å². The Kier molecular flexibility index (Phi) is 3.40. The van der Waals surface area contributed by atoms with Gasteiger partial charge in [-0.15, -0.1) is 6.58 Å². The molecule has 0 saturated carbocycles. The molecule has 0 aliphatic carbocycles. The molecule has 2 rings (SSSR count). The summed E-state index contributed by atoms with van der Waals surface area (Å²) in [6.07, 6.45) is 3.77. The predicted molar refractivity (Wildman–Crippen MR) is 69.7 cm³/mol. The number of carbonyl (C=O) groups is 1. The van der Waals surface area contributed by atoms with Crippen LogP contribution in [0.3, 0.4) is 0 Å². The van der Waals surface area contributed by atoms with Crippen LogP contribution in [0.2, 0.25) is 10.0 Å². The third-order valence-corrected chi connectivity index (χ3v) is 3.76. The molecule has 1 fully saturated rings. The van der Waals surface area contributed by atoms with Gasteiger partial charge in [-0.1, -0.05) is 29.3 Å². The van der Waals surface area contributed by atoms with E-state index >= 15 is 0 Å². The van der Waals surface area contributed by atoms with E-state index in [1.165, 1.54) is 6.20 Å². The lowest BCUT2D eigenvalue weighted by atomic mass is 10.1. The Balaban J connectivity index is 2.39. The van der Waals surface area contributed by atoms with Crippen LogP contribution in [-0.4, -0.2) is 17.4 Å². The summed E-state index contributed by atoms with van der Waals surface area (Å²) < 4.78 is 0. The van der Waals surface area contributed by atoms with Gasteiger partial charge >= 0.3 is 0 Å². The van der Waals surface area contributed by atoms with Crippen molar-refractivity contribution in [1.82, 2.24) is 4.98 Å². The van der Waals surface area contributed by atoms with E-state index in [0.717, 1.165) is 5.56 Å². The van der Waals surface area contributed by atoms with Crippen LogP contribution in [0.15, 0.2) is 18.9 Å². The van der Waals surface area contributed by atoms with Crippen molar-refractivity contribution in [3.8, 4) is 0 Å². The van der Waals surface area contributed by atoms with Gasteiger partial charge in [-0.3, -0.25) is 9.69 Å². The molecule has 3 nitrogen and oxygen atoms in total. The largest absolute Gasteiger partial charge is 0.295 e. The van der Waals surface area contributed by atoms with Crippen molar-refractivity contribution in [2.45, 2.75) is 13.3 Å². The monoisotopic (exact) mass is 270 g/mol. The highest BCUT2D eigenvalue weighted by Gasteiger charge is 2.31. The fourth-order valence-corrected chi connectivity index (χ4v) is 2.27. The predicted octanol–water partition coefficient (Wildman–Crippen LogP) is 3.24. The van der Waals surface area contributed by atoms with Crippen LogP contribution in [0.25, 0.3) is 0 Å². The van der Waals surface area contributed by atoms with Crippen molar-refractivity contribution in [1.29, 1.82) is 0 Å². The van der Waals surface area contributed by atoms with Crippen LogP contribution in [0.5, 0.6) is 0 Å². The van der Waals surface area contributed by atoms with Crippen LogP contribution in [0.1, 0.15) is 12.0 Å². The van der Waals surface area contributed by atoms with Crippen LogP contribution >= 0.6 is 23.2 Å². The van der Waals surface area contributed by atoms with Crippen LogP contribution in [0.4, 0.5) is 5.82 Å². The van der Waals surface area contributed by atoms with E-state index in [4.69, 9.17) is 23.2 Å². The van der Waals surface area contributed by atoms with Crippen LogP contribution < -0.4 is 4.90 Å². The molecule has 0 spiro atoms. The molecule has 0 radical (unpaired) electrons. The number of hydrogen-bond acceptors (Lipinski definition) is 2. The summed E-state index contributed by atoms with van der Waals surface area (Å²) in [7, 11) is 0. The molecule has 5 heteroatoms. The molecule has 0 aromatic carbocycles. The number of carbonyl (C=O) groups excluding carboxylic acids is 1. The summed E-state index contributed by atoms with van der Waals surface area (Å²) in [6.45, 7) is 6.09. The highest BCUT2D eigenvalue weighted by Crippen LogP contribution is 2.34. The molecule has 0 N–H and O–H groups in total. The Morgan fingerprint density at radius 2 is 2.29 bits per heavy atom. The third-order valence-electron chi connectivity index (χ3n) is 2.93. The molecule has 1 aromatic rings. The maximum atomic E-state index is 11.8. The van der Waals surface area contributed by atoms with Gasteiger partial charge in [0.1, 0.15) is 0 Å². The number of halogens is 2. The highest BCUT2D eigenvalue weighted by atomic mass is 35.5. The Hall–Kier alpha value is -1.06. The number of pyridine rings is 1. The fourth-order valence-electron chi connectivity index (χ4n) is 1.83. The van der Waals surface area contributed by atoms with Crippen molar-refractivity contribution >= 4 is 34.9 Å². The number of nitrogens with zero attached hydrogens (tertiary/aromatic N) is 2. The lowest BCUT2D eigenvalue weighted by Gasteiger charge is -2.17. The molecular formula is C12H12Cl2N2O. The van der Waals surface area contributed by atoms with E-state index in [0.29, 0.717) is 28.8 Å². The molecule has 90 valence electrons. The van der Waals surface area contributed by atoms with Crippen LogP contribution in [-0.2, 0) is 4.79 Å². The first-order valence-corrected chi connectivity index (χ1v) is 6.03. The molecule has 1 atom stereocenters. The zero-order valence-electron chi connectivity index (χ0n) is 9.41. The molecule has 1 saturated heterocycles. The first-order chi connectivity index (χ1) is 8.04. The zero-order chi connectivity index (χ0) is 12.6. The fraction of sp³-hybridized carbons (Fsp3) is 0.333. The number of hydrogen-bond donors (Lipinski definition) is 0. The summed E-state index contributed by atoms with van der Waals surface area (Å²) in [4.78, 5) is 17.6. The molecule has 1 aromatic heterocycles. The summed E-state index contributed by atoms with van der Waals surface area (Å²) in [5, 5.41) is 0.946. The summed E-state index contributed by atoms with van der Waals surface area (Å²) in [5.41, 5.74) is 0.744. The van der Waals surface area contributed by atoms with Gasteiger partial charge in [0.05, 0.1) is 10.0 Å². The van der Waals surface area contributed by atoms with Gasteiger partial charge in [-0.2, -0.15) is 0 Å². The number of anilines is 1. The number of rotatable bonds is 2. The zero-order valence-corrected chi connectivity index (χ0v) is 10.9. The van der Waals surface area contributed by atoms with Crippen molar-refractivity contribution in [2.24, 2.45) is 5.92 Å². The van der Waals surface area contributed by atoms with Crippen LogP contribution in [0, 0.1) is 12.8 Å². The van der Waals surface area contributed by atoms with Gasteiger partial charge in [0.25, 0.3) is 0 Å². The van der Waals surface area contributed by atoms with Gasteiger partial charge in [0, 0.05) is 25.1 Å². The van der Waals surface area contributed by atoms with Crippen molar-refractivity contribution in [3.63, 3.8) is 0 Å². The molecule has 1 aliphatic heterocycles. The highest BCUT2D eigenvalue weighted by molar-refractivity contribution is 6.37. The SMILES string of the molecule is C=CC1CC(=O)N(c2ncc(Cl)c(C)c2Cl)C1. The molecular weight excluding hydrogens is 259 g/mol. The Bertz CT molecular complexity index is 488. The summed E-state index contributed by atoms with van der Waals surface area (Å²) in [6, 6.07) is 0. The average Bonchev–Trinajstić information content (AvgIpc) is 2.68. The maximum Gasteiger partial charge on any atom is 0.228 e. The smallest absolute Gasteiger partial charge is 0.228 e. The summed E-state index contributed by atoms with van der Waals surface area (Å²) >= 11 is 12.1. The van der Waals surface area contributed by atoms with E-state index in [-0.39, 0.29) is 11.8 Å². The second kappa shape index (κ2) is 4.67. The molecule has 1 amide bonds. The molecule has 17 heavy (non-hydrogen) atoms. The quantitative estimate of drug-likeness (QED) is 0.774.